The molecule has 0 N–H and O–H groups in total. The number of carbonyl (C=O) groups is 2. The molecule has 0 aliphatic carbocycles. The van der Waals surface area contributed by atoms with E-state index in [0.29, 0.717) is 27.6 Å². The first-order valence-corrected chi connectivity index (χ1v) is 9.79. The predicted molar refractivity (Wildman–Crippen MR) is 108 cm³/mol. The van der Waals surface area contributed by atoms with Gasteiger partial charge in [-0.3, -0.25) is 4.79 Å². The van der Waals surface area contributed by atoms with E-state index >= 15 is 0 Å². The minimum absolute atomic E-state index is 0.000893. The van der Waals surface area contributed by atoms with E-state index in [-0.39, 0.29) is 5.76 Å². The van der Waals surface area contributed by atoms with E-state index in [9.17, 15) is 9.59 Å². The highest BCUT2D eigenvalue weighted by Crippen LogP contribution is 2.33. The van der Waals surface area contributed by atoms with E-state index < -0.39 is 24.5 Å². The van der Waals surface area contributed by atoms with Crippen LogP contribution in [0.25, 0.3) is 0 Å². The molecule has 1 aliphatic heterocycles. The first-order valence-electron chi connectivity index (χ1n) is 8.62. The van der Waals surface area contributed by atoms with Crippen LogP contribution < -0.4 is 0 Å². The molecule has 1 aromatic carbocycles. The SMILES string of the molecule is O=C(OCC(=O)N1N=C(c2ccc(Cl)cc2)CC1c1ccco1)c1ccc(Br)o1. The second-order valence-corrected chi connectivity index (χ2v) is 7.43. The maximum Gasteiger partial charge on any atom is 0.374 e. The predicted octanol–water partition coefficient (Wildman–Crippen LogP) is 4.82. The highest BCUT2D eigenvalue weighted by atomic mass is 79.9. The number of amides is 1. The third-order valence-corrected chi connectivity index (χ3v) is 4.99. The summed E-state index contributed by atoms with van der Waals surface area (Å²) in [5.74, 6) is -0.625. The molecule has 1 aliphatic rings. The Bertz CT molecular complexity index is 1060. The molecule has 0 fully saturated rings. The fourth-order valence-corrected chi connectivity index (χ4v) is 3.38. The molecule has 0 saturated heterocycles. The fourth-order valence-electron chi connectivity index (χ4n) is 2.95. The van der Waals surface area contributed by atoms with E-state index in [2.05, 4.69) is 21.0 Å². The average molecular weight is 478 g/mol. The summed E-state index contributed by atoms with van der Waals surface area (Å²) in [5.41, 5.74) is 1.55. The van der Waals surface area contributed by atoms with Crippen molar-refractivity contribution in [2.24, 2.45) is 5.10 Å². The summed E-state index contributed by atoms with van der Waals surface area (Å²) in [7, 11) is 0. The summed E-state index contributed by atoms with van der Waals surface area (Å²) >= 11 is 9.06. The molecule has 4 rings (SSSR count). The highest BCUT2D eigenvalue weighted by Gasteiger charge is 2.35. The normalized spacial score (nSPS) is 16.0. The molecular formula is C20H14BrClN2O5. The molecule has 0 radical (unpaired) electrons. The summed E-state index contributed by atoms with van der Waals surface area (Å²) in [6, 6.07) is 13.3. The van der Waals surface area contributed by atoms with Gasteiger partial charge in [-0.25, -0.2) is 9.80 Å². The van der Waals surface area contributed by atoms with Gasteiger partial charge in [0, 0.05) is 11.4 Å². The van der Waals surface area contributed by atoms with Crippen LogP contribution >= 0.6 is 27.5 Å². The van der Waals surface area contributed by atoms with Crippen LogP contribution in [0.4, 0.5) is 0 Å². The minimum atomic E-state index is -0.736. The van der Waals surface area contributed by atoms with E-state index in [1.54, 1.807) is 30.3 Å². The first kappa shape index (κ1) is 19.5. The zero-order chi connectivity index (χ0) is 20.4. The molecule has 1 amide bonds. The van der Waals surface area contributed by atoms with Gasteiger partial charge in [-0.2, -0.15) is 5.10 Å². The molecule has 1 atom stereocenters. The number of halogens is 2. The van der Waals surface area contributed by atoms with E-state index in [4.69, 9.17) is 25.2 Å². The van der Waals surface area contributed by atoms with Crippen molar-refractivity contribution in [1.29, 1.82) is 0 Å². The molecule has 3 heterocycles. The Balaban J connectivity index is 1.52. The Hall–Kier alpha value is -2.84. The molecule has 29 heavy (non-hydrogen) atoms. The molecule has 148 valence electrons. The lowest BCUT2D eigenvalue weighted by molar-refractivity contribution is -0.136. The van der Waals surface area contributed by atoms with E-state index in [1.807, 2.05) is 12.1 Å². The number of hydrogen-bond acceptors (Lipinski definition) is 6. The number of hydrogen-bond donors (Lipinski definition) is 0. The van der Waals surface area contributed by atoms with Crippen molar-refractivity contribution in [1.82, 2.24) is 5.01 Å². The summed E-state index contributed by atoms with van der Waals surface area (Å²) in [6.45, 7) is -0.480. The second kappa shape index (κ2) is 8.26. The number of hydrazone groups is 1. The average Bonchev–Trinajstić information content (AvgIpc) is 3.46. The summed E-state index contributed by atoms with van der Waals surface area (Å²) in [5, 5.41) is 6.35. The Morgan fingerprint density at radius 2 is 2.00 bits per heavy atom. The van der Waals surface area contributed by atoms with Crippen molar-refractivity contribution < 1.29 is 23.2 Å². The lowest BCUT2D eigenvalue weighted by Crippen LogP contribution is -2.31. The van der Waals surface area contributed by atoms with Gasteiger partial charge in [-0.15, -0.1) is 0 Å². The molecule has 3 aromatic rings. The molecule has 2 aromatic heterocycles. The minimum Gasteiger partial charge on any atom is -0.467 e. The van der Waals surface area contributed by atoms with Crippen LogP contribution in [0.5, 0.6) is 0 Å². The Labute approximate surface area is 179 Å². The topological polar surface area (TPSA) is 85.3 Å². The van der Waals surface area contributed by atoms with Gasteiger partial charge < -0.3 is 13.6 Å². The number of esters is 1. The zero-order valence-corrected chi connectivity index (χ0v) is 17.2. The third kappa shape index (κ3) is 4.28. The fraction of sp³-hybridized carbons (Fsp3) is 0.150. The van der Waals surface area contributed by atoms with Crippen LogP contribution in [0.15, 0.2) is 73.4 Å². The van der Waals surface area contributed by atoms with Gasteiger partial charge in [0.25, 0.3) is 5.91 Å². The van der Waals surface area contributed by atoms with Gasteiger partial charge in [0.1, 0.15) is 11.8 Å². The van der Waals surface area contributed by atoms with Crippen LogP contribution in [0.3, 0.4) is 0 Å². The Kier molecular flexibility index (Phi) is 5.55. The van der Waals surface area contributed by atoms with Crippen molar-refractivity contribution in [2.75, 3.05) is 6.61 Å². The van der Waals surface area contributed by atoms with E-state index in [1.165, 1.54) is 17.3 Å². The van der Waals surface area contributed by atoms with Crippen LogP contribution in [0, 0.1) is 0 Å². The number of nitrogens with zero attached hydrogens (tertiary/aromatic N) is 2. The molecule has 9 heteroatoms. The number of benzene rings is 1. The maximum absolute atomic E-state index is 12.8. The Morgan fingerprint density at radius 1 is 1.21 bits per heavy atom. The van der Waals surface area contributed by atoms with Crippen LogP contribution in [-0.2, 0) is 9.53 Å². The molecule has 0 saturated carbocycles. The van der Waals surface area contributed by atoms with Crippen molar-refractivity contribution >= 4 is 45.1 Å². The first-order chi connectivity index (χ1) is 14.0. The number of furan rings is 2. The Morgan fingerprint density at radius 3 is 2.66 bits per heavy atom. The molecular weight excluding hydrogens is 464 g/mol. The zero-order valence-electron chi connectivity index (χ0n) is 14.9. The van der Waals surface area contributed by atoms with Crippen LogP contribution in [-0.4, -0.2) is 29.2 Å². The third-order valence-electron chi connectivity index (χ3n) is 4.32. The second-order valence-electron chi connectivity index (χ2n) is 6.21. The van der Waals surface area contributed by atoms with Crippen molar-refractivity contribution in [2.45, 2.75) is 12.5 Å². The maximum atomic E-state index is 12.8. The van der Waals surface area contributed by atoms with Gasteiger partial charge >= 0.3 is 5.97 Å². The van der Waals surface area contributed by atoms with Gasteiger partial charge in [-0.05, 0) is 57.9 Å². The van der Waals surface area contributed by atoms with Crippen LogP contribution in [0.2, 0.25) is 5.02 Å². The summed E-state index contributed by atoms with van der Waals surface area (Å²) in [4.78, 5) is 24.8. The van der Waals surface area contributed by atoms with Gasteiger partial charge in [0.2, 0.25) is 5.76 Å². The van der Waals surface area contributed by atoms with Gasteiger partial charge in [-0.1, -0.05) is 23.7 Å². The van der Waals surface area contributed by atoms with Crippen molar-refractivity contribution in [3.05, 3.63) is 81.6 Å². The highest BCUT2D eigenvalue weighted by molar-refractivity contribution is 9.10. The number of rotatable bonds is 5. The molecule has 7 nitrogen and oxygen atoms in total. The molecule has 0 bridgehead atoms. The number of carbonyl (C=O) groups excluding carboxylic acids is 2. The summed E-state index contributed by atoms with van der Waals surface area (Å²) < 4.78 is 16.1. The van der Waals surface area contributed by atoms with Crippen molar-refractivity contribution in [3.63, 3.8) is 0 Å². The quantitative estimate of drug-likeness (QED) is 0.492. The van der Waals surface area contributed by atoms with Crippen molar-refractivity contribution in [3.8, 4) is 0 Å². The van der Waals surface area contributed by atoms with Gasteiger partial charge in [0.05, 0.1) is 12.0 Å². The van der Waals surface area contributed by atoms with E-state index in [0.717, 1.165) is 5.56 Å². The lowest BCUT2D eigenvalue weighted by atomic mass is 10.0. The monoisotopic (exact) mass is 476 g/mol. The summed E-state index contributed by atoms with van der Waals surface area (Å²) in [6.07, 6.45) is 1.99. The smallest absolute Gasteiger partial charge is 0.374 e. The standard InChI is InChI=1S/C20H14BrClN2O5/c21-18-8-7-17(29-18)20(26)28-11-19(25)24-15(16-2-1-9-27-16)10-14(23-24)12-3-5-13(22)6-4-12/h1-9,15H,10-11H2. The molecule has 0 spiro atoms. The lowest BCUT2D eigenvalue weighted by Gasteiger charge is -2.19. The largest absolute Gasteiger partial charge is 0.467 e. The number of ether oxygens (including phenoxy) is 1. The van der Waals surface area contributed by atoms with Gasteiger partial charge in [0.15, 0.2) is 11.3 Å². The molecule has 1 unspecified atom stereocenters. The van der Waals surface area contributed by atoms with Crippen LogP contribution in [0.1, 0.15) is 34.3 Å².